The number of rotatable bonds is 5. The van der Waals surface area contributed by atoms with Crippen LogP contribution < -0.4 is 15.4 Å². The largest absolute Gasteiger partial charge is 0.496 e. The van der Waals surface area contributed by atoms with Gasteiger partial charge in [-0.25, -0.2) is 4.79 Å². The van der Waals surface area contributed by atoms with Crippen molar-refractivity contribution in [2.75, 3.05) is 13.7 Å². The maximum absolute atomic E-state index is 11.6. The minimum absolute atomic E-state index is 0.0749. The lowest BCUT2D eigenvalue weighted by Gasteiger charge is -2.21. The normalized spacial score (nSPS) is 11.1. The first-order chi connectivity index (χ1) is 9.38. The van der Waals surface area contributed by atoms with E-state index in [-0.39, 0.29) is 11.4 Å². The molecule has 0 aliphatic rings. The van der Waals surface area contributed by atoms with Crippen LogP contribution in [-0.2, 0) is 12.0 Å². The summed E-state index contributed by atoms with van der Waals surface area (Å²) < 4.78 is 5.35. The second-order valence-electron chi connectivity index (χ2n) is 5.89. The number of hydrogen-bond acceptors (Lipinski definition) is 2. The molecule has 1 aromatic carbocycles. The van der Waals surface area contributed by atoms with Gasteiger partial charge in [-0.15, -0.1) is 0 Å². The zero-order valence-electron chi connectivity index (χ0n) is 13.2. The molecule has 112 valence electrons. The smallest absolute Gasteiger partial charge is 0.315 e. The molecule has 2 N–H and O–H groups in total. The Labute approximate surface area is 121 Å². The Morgan fingerprint density at radius 1 is 1.25 bits per heavy atom. The molecule has 0 atom stereocenters. The van der Waals surface area contributed by atoms with Crippen molar-refractivity contribution in [3.63, 3.8) is 0 Å². The van der Waals surface area contributed by atoms with Gasteiger partial charge in [-0.3, -0.25) is 0 Å². The Balaban J connectivity index is 2.79. The van der Waals surface area contributed by atoms with Gasteiger partial charge < -0.3 is 15.4 Å². The fourth-order valence-corrected chi connectivity index (χ4v) is 1.86. The lowest BCUT2D eigenvalue weighted by atomic mass is 9.86. The third-order valence-electron chi connectivity index (χ3n) is 3.12. The van der Waals surface area contributed by atoms with E-state index in [4.69, 9.17) is 4.74 Å². The number of ether oxygens (including phenoxy) is 1. The first-order valence-corrected chi connectivity index (χ1v) is 7.07. The highest BCUT2D eigenvalue weighted by molar-refractivity contribution is 5.73. The van der Waals surface area contributed by atoms with Crippen LogP contribution in [0.4, 0.5) is 4.79 Å². The molecule has 0 fully saturated rings. The van der Waals surface area contributed by atoms with Gasteiger partial charge >= 0.3 is 6.03 Å². The zero-order chi connectivity index (χ0) is 15.2. The van der Waals surface area contributed by atoms with E-state index in [1.165, 1.54) is 5.56 Å². The summed E-state index contributed by atoms with van der Waals surface area (Å²) in [5.41, 5.74) is 2.29. The predicted molar refractivity (Wildman–Crippen MR) is 82.2 cm³/mol. The fraction of sp³-hybridized carbons (Fsp3) is 0.562. The van der Waals surface area contributed by atoms with Crippen molar-refractivity contribution in [2.45, 2.75) is 46.1 Å². The van der Waals surface area contributed by atoms with E-state index in [1.54, 1.807) is 7.11 Å². The number of nitrogens with one attached hydrogen (secondary N) is 2. The minimum Gasteiger partial charge on any atom is -0.496 e. The molecule has 0 aromatic heterocycles. The number of methoxy groups -OCH3 is 1. The molecular formula is C16H26N2O2. The van der Waals surface area contributed by atoms with Gasteiger partial charge in [0.2, 0.25) is 0 Å². The first kappa shape index (κ1) is 16.3. The first-order valence-electron chi connectivity index (χ1n) is 7.07. The molecular weight excluding hydrogens is 252 g/mol. The fourth-order valence-electron chi connectivity index (χ4n) is 1.86. The van der Waals surface area contributed by atoms with Crippen LogP contribution in [0.5, 0.6) is 5.75 Å². The highest BCUT2D eigenvalue weighted by atomic mass is 16.5. The molecule has 4 heteroatoms. The molecule has 0 radical (unpaired) electrons. The summed E-state index contributed by atoms with van der Waals surface area (Å²) in [6, 6.07) is 5.98. The molecule has 0 aliphatic carbocycles. The van der Waals surface area contributed by atoms with Gasteiger partial charge in [0, 0.05) is 18.7 Å². The maximum Gasteiger partial charge on any atom is 0.315 e. The van der Waals surface area contributed by atoms with E-state index in [0.29, 0.717) is 13.1 Å². The van der Waals surface area contributed by atoms with Crippen LogP contribution >= 0.6 is 0 Å². The van der Waals surface area contributed by atoms with Gasteiger partial charge in [0.1, 0.15) is 5.75 Å². The molecule has 0 unspecified atom stereocenters. The molecule has 2 amide bonds. The summed E-state index contributed by atoms with van der Waals surface area (Å²) in [5, 5.41) is 5.65. The Kier molecular flexibility index (Phi) is 5.86. The van der Waals surface area contributed by atoms with Crippen LogP contribution in [0.15, 0.2) is 18.2 Å². The predicted octanol–water partition coefficient (Wildman–Crippen LogP) is 3.20. The number of amides is 2. The molecule has 1 rings (SSSR count). The molecule has 4 nitrogen and oxygen atoms in total. The van der Waals surface area contributed by atoms with Crippen molar-refractivity contribution in [1.82, 2.24) is 10.6 Å². The number of hydrogen-bond donors (Lipinski definition) is 2. The zero-order valence-corrected chi connectivity index (χ0v) is 13.2. The molecule has 0 spiro atoms. The summed E-state index contributed by atoms with van der Waals surface area (Å²) in [4.78, 5) is 11.6. The van der Waals surface area contributed by atoms with E-state index in [2.05, 4.69) is 43.5 Å². The van der Waals surface area contributed by atoms with Crippen molar-refractivity contribution in [3.05, 3.63) is 29.3 Å². The summed E-state index contributed by atoms with van der Waals surface area (Å²) in [5.74, 6) is 0.800. The number of carbonyl (C=O) groups is 1. The van der Waals surface area contributed by atoms with Crippen molar-refractivity contribution in [2.24, 2.45) is 0 Å². The second kappa shape index (κ2) is 7.17. The monoisotopic (exact) mass is 278 g/mol. The quantitative estimate of drug-likeness (QED) is 0.869. The van der Waals surface area contributed by atoms with Crippen molar-refractivity contribution in [3.8, 4) is 5.75 Å². The van der Waals surface area contributed by atoms with E-state index < -0.39 is 0 Å². The third kappa shape index (κ3) is 4.76. The molecule has 0 saturated carbocycles. The number of urea groups is 1. The van der Waals surface area contributed by atoms with E-state index in [1.807, 2.05) is 13.0 Å². The number of carbonyl (C=O) groups excluding carboxylic acids is 1. The van der Waals surface area contributed by atoms with Crippen molar-refractivity contribution < 1.29 is 9.53 Å². The summed E-state index contributed by atoms with van der Waals surface area (Å²) in [6.45, 7) is 9.67. The van der Waals surface area contributed by atoms with Gasteiger partial charge in [-0.1, -0.05) is 33.8 Å². The Bertz CT molecular complexity index is 450. The highest BCUT2D eigenvalue weighted by Crippen LogP contribution is 2.27. The van der Waals surface area contributed by atoms with Crippen LogP contribution in [0.3, 0.4) is 0 Å². The minimum atomic E-state index is -0.143. The topological polar surface area (TPSA) is 50.4 Å². The van der Waals surface area contributed by atoms with Gasteiger partial charge in [0.15, 0.2) is 0 Å². The van der Waals surface area contributed by atoms with Crippen molar-refractivity contribution in [1.29, 1.82) is 0 Å². The third-order valence-corrected chi connectivity index (χ3v) is 3.12. The average molecular weight is 278 g/mol. The highest BCUT2D eigenvalue weighted by Gasteiger charge is 2.16. The molecule has 1 aromatic rings. The van der Waals surface area contributed by atoms with E-state index in [9.17, 15) is 4.79 Å². The Morgan fingerprint density at radius 2 is 1.95 bits per heavy atom. The summed E-state index contributed by atoms with van der Waals surface area (Å²) in [6.07, 6.45) is 0.927. The summed E-state index contributed by atoms with van der Waals surface area (Å²) >= 11 is 0. The molecule has 0 saturated heterocycles. The van der Waals surface area contributed by atoms with Crippen LogP contribution in [0.1, 0.15) is 45.2 Å². The standard InChI is InChI=1S/C16H26N2O2/c1-6-9-17-15(19)18-11-12-10-13(16(2,3)4)7-8-14(12)20-5/h7-8,10H,6,9,11H2,1-5H3,(H2,17,18,19). The van der Waals surface area contributed by atoms with Gasteiger partial charge in [0.25, 0.3) is 0 Å². The lowest BCUT2D eigenvalue weighted by molar-refractivity contribution is 0.240. The Morgan fingerprint density at radius 3 is 2.50 bits per heavy atom. The summed E-state index contributed by atoms with van der Waals surface area (Å²) in [7, 11) is 1.65. The number of benzene rings is 1. The molecule has 0 bridgehead atoms. The molecule has 0 heterocycles. The van der Waals surface area contributed by atoms with E-state index in [0.717, 1.165) is 17.7 Å². The van der Waals surface area contributed by atoms with Crippen molar-refractivity contribution >= 4 is 6.03 Å². The SMILES string of the molecule is CCCNC(=O)NCc1cc(C(C)(C)C)ccc1OC. The van der Waals surface area contributed by atoms with Crippen LogP contribution in [0, 0.1) is 0 Å². The maximum atomic E-state index is 11.6. The van der Waals surface area contributed by atoms with Crippen LogP contribution in [-0.4, -0.2) is 19.7 Å². The molecule has 20 heavy (non-hydrogen) atoms. The average Bonchev–Trinajstić information content (AvgIpc) is 2.41. The van der Waals surface area contributed by atoms with Crippen LogP contribution in [0.25, 0.3) is 0 Å². The van der Waals surface area contributed by atoms with Gasteiger partial charge in [-0.05, 0) is 29.5 Å². The Hall–Kier alpha value is -1.71. The van der Waals surface area contributed by atoms with Gasteiger partial charge in [-0.2, -0.15) is 0 Å². The lowest BCUT2D eigenvalue weighted by Crippen LogP contribution is -2.35. The van der Waals surface area contributed by atoms with Crippen LogP contribution in [0.2, 0.25) is 0 Å². The van der Waals surface area contributed by atoms with Gasteiger partial charge in [0.05, 0.1) is 7.11 Å². The molecule has 0 aliphatic heterocycles. The second-order valence-corrected chi connectivity index (χ2v) is 5.89. The van der Waals surface area contributed by atoms with E-state index >= 15 is 0 Å².